The number of nitrogens with one attached hydrogen (secondary N) is 3. The third-order valence-corrected chi connectivity index (χ3v) is 2.61. The molecule has 3 N–H and O–H groups in total. The Balaban J connectivity index is 1.83. The van der Waals surface area contributed by atoms with Crippen molar-refractivity contribution in [3.8, 4) is 11.4 Å². The number of anilines is 1. The van der Waals surface area contributed by atoms with Gasteiger partial charge in [-0.3, -0.25) is 9.89 Å². The summed E-state index contributed by atoms with van der Waals surface area (Å²) < 4.78 is 0. The molecule has 0 aliphatic carbocycles. The number of amides is 1. The molecule has 0 atom stereocenters. The summed E-state index contributed by atoms with van der Waals surface area (Å²) in [6, 6.07) is 7.75. The van der Waals surface area contributed by atoms with E-state index in [4.69, 9.17) is 0 Å². The Morgan fingerprint density at radius 1 is 1.33 bits per heavy atom. The number of aromatic amines is 1. The van der Waals surface area contributed by atoms with Crippen LogP contribution in [-0.2, 0) is 4.79 Å². The Hall–Kier alpha value is -2.63. The molecule has 0 bridgehead atoms. The van der Waals surface area contributed by atoms with E-state index in [1.807, 2.05) is 24.3 Å². The van der Waals surface area contributed by atoms with Crippen LogP contribution in [0.15, 0.2) is 42.4 Å². The van der Waals surface area contributed by atoms with Crippen molar-refractivity contribution in [2.24, 2.45) is 0 Å². The van der Waals surface area contributed by atoms with Crippen LogP contribution in [0.2, 0.25) is 0 Å². The summed E-state index contributed by atoms with van der Waals surface area (Å²) in [6.45, 7) is 0.533. The predicted molar refractivity (Wildman–Crippen MR) is 66.5 cm³/mol. The summed E-state index contributed by atoms with van der Waals surface area (Å²) in [5, 5.41) is 12.5. The van der Waals surface area contributed by atoms with E-state index in [0.29, 0.717) is 12.4 Å². The number of hydrogen-bond acceptors (Lipinski definition) is 4. The van der Waals surface area contributed by atoms with Crippen LogP contribution in [0.1, 0.15) is 0 Å². The van der Waals surface area contributed by atoms with E-state index in [1.54, 1.807) is 6.08 Å². The van der Waals surface area contributed by atoms with Crippen molar-refractivity contribution < 1.29 is 4.79 Å². The Morgan fingerprint density at radius 2 is 2.28 bits per heavy atom. The molecule has 0 fully saturated rings. The summed E-state index contributed by atoms with van der Waals surface area (Å²) in [6.07, 6.45) is 3.03. The van der Waals surface area contributed by atoms with Crippen molar-refractivity contribution in [3.63, 3.8) is 0 Å². The van der Waals surface area contributed by atoms with E-state index in [2.05, 4.69) is 25.8 Å². The molecule has 1 aromatic heterocycles. The molecule has 0 unspecified atom stereocenters. The molecule has 1 amide bonds. The fraction of sp³-hybridized carbons (Fsp3) is 0.0833. The third kappa shape index (κ3) is 2.08. The first-order valence-corrected chi connectivity index (χ1v) is 5.52. The Kier molecular flexibility index (Phi) is 2.53. The molecule has 0 spiro atoms. The van der Waals surface area contributed by atoms with Crippen molar-refractivity contribution in [1.29, 1.82) is 0 Å². The van der Waals surface area contributed by atoms with E-state index in [-0.39, 0.29) is 5.91 Å². The lowest BCUT2D eigenvalue weighted by Crippen LogP contribution is -2.16. The molecular weight excluding hydrogens is 230 g/mol. The van der Waals surface area contributed by atoms with Gasteiger partial charge in [0.2, 0.25) is 5.91 Å². The number of nitrogens with zero attached hydrogens (tertiary/aromatic N) is 2. The van der Waals surface area contributed by atoms with Gasteiger partial charge in [0, 0.05) is 23.0 Å². The van der Waals surface area contributed by atoms with Crippen molar-refractivity contribution in [1.82, 2.24) is 20.5 Å². The molecule has 0 radical (unpaired) electrons. The van der Waals surface area contributed by atoms with Gasteiger partial charge < -0.3 is 10.6 Å². The number of hydrogen-bond donors (Lipinski definition) is 3. The summed E-state index contributed by atoms with van der Waals surface area (Å²) in [7, 11) is 0. The first-order chi connectivity index (χ1) is 8.81. The normalized spacial score (nSPS) is 14.2. The summed E-state index contributed by atoms with van der Waals surface area (Å²) >= 11 is 0. The standard InChI is InChI=1S/C12H11N5O/c18-11-5-10(6-13-11)16-9-3-1-2-8(4-9)12-14-7-15-17-12/h1-5,7,16H,6H2,(H,13,18)(H,14,15,17). The second-order valence-electron chi connectivity index (χ2n) is 3.93. The second-order valence-corrected chi connectivity index (χ2v) is 3.93. The van der Waals surface area contributed by atoms with Crippen LogP contribution >= 0.6 is 0 Å². The van der Waals surface area contributed by atoms with Crippen molar-refractivity contribution in [2.45, 2.75) is 0 Å². The van der Waals surface area contributed by atoms with Gasteiger partial charge in [-0.2, -0.15) is 5.10 Å². The highest BCUT2D eigenvalue weighted by Crippen LogP contribution is 2.20. The zero-order chi connectivity index (χ0) is 12.4. The summed E-state index contributed by atoms with van der Waals surface area (Å²) in [4.78, 5) is 15.1. The van der Waals surface area contributed by atoms with Crippen LogP contribution in [-0.4, -0.2) is 27.6 Å². The van der Waals surface area contributed by atoms with Crippen LogP contribution in [0, 0.1) is 0 Å². The highest BCUT2D eigenvalue weighted by atomic mass is 16.1. The molecule has 6 heteroatoms. The molecule has 0 saturated carbocycles. The van der Waals surface area contributed by atoms with Crippen LogP contribution in [0.3, 0.4) is 0 Å². The lowest BCUT2D eigenvalue weighted by molar-refractivity contribution is -0.115. The minimum absolute atomic E-state index is 0.0658. The summed E-state index contributed by atoms with van der Waals surface area (Å²) in [5.74, 6) is 0.650. The van der Waals surface area contributed by atoms with Gasteiger partial charge in [-0.05, 0) is 12.1 Å². The first-order valence-electron chi connectivity index (χ1n) is 5.52. The fourth-order valence-corrected chi connectivity index (χ4v) is 1.80. The van der Waals surface area contributed by atoms with Crippen LogP contribution in [0.5, 0.6) is 0 Å². The number of carbonyl (C=O) groups excluding carboxylic acids is 1. The largest absolute Gasteiger partial charge is 0.357 e. The van der Waals surface area contributed by atoms with Crippen molar-refractivity contribution in [3.05, 3.63) is 42.4 Å². The molecule has 3 rings (SSSR count). The minimum Gasteiger partial charge on any atom is -0.357 e. The molecule has 1 aliphatic heterocycles. The number of H-pyrrole nitrogens is 1. The molecule has 18 heavy (non-hydrogen) atoms. The maximum atomic E-state index is 11.0. The van der Waals surface area contributed by atoms with Crippen LogP contribution < -0.4 is 10.6 Å². The molecule has 0 saturated heterocycles. The van der Waals surface area contributed by atoms with Gasteiger partial charge in [0.05, 0.1) is 6.54 Å². The SMILES string of the molecule is O=C1C=C(Nc2cccc(-c3ncn[nH]3)c2)CN1. The van der Waals surface area contributed by atoms with Gasteiger partial charge in [0.25, 0.3) is 0 Å². The van der Waals surface area contributed by atoms with E-state index in [9.17, 15) is 4.79 Å². The van der Waals surface area contributed by atoms with Gasteiger partial charge in [0.1, 0.15) is 6.33 Å². The molecule has 2 heterocycles. The molecule has 6 nitrogen and oxygen atoms in total. The third-order valence-electron chi connectivity index (χ3n) is 2.61. The quantitative estimate of drug-likeness (QED) is 0.745. The summed E-state index contributed by atoms with van der Waals surface area (Å²) in [5.41, 5.74) is 2.71. The van der Waals surface area contributed by atoms with E-state index >= 15 is 0 Å². The maximum absolute atomic E-state index is 11.0. The van der Waals surface area contributed by atoms with Gasteiger partial charge in [-0.25, -0.2) is 4.98 Å². The van der Waals surface area contributed by atoms with Crippen LogP contribution in [0.4, 0.5) is 5.69 Å². The molecule has 90 valence electrons. The van der Waals surface area contributed by atoms with E-state index in [0.717, 1.165) is 16.9 Å². The van der Waals surface area contributed by atoms with E-state index < -0.39 is 0 Å². The van der Waals surface area contributed by atoms with Gasteiger partial charge in [-0.15, -0.1) is 0 Å². The number of rotatable bonds is 3. The van der Waals surface area contributed by atoms with Crippen LogP contribution in [0.25, 0.3) is 11.4 Å². The lowest BCUT2D eigenvalue weighted by atomic mass is 10.2. The average molecular weight is 241 g/mol. The number of carbonyl (C=O) groups is 1. The molecule has 2 aromatic rings. The zero-order valence-corrected chi connectivity index (χ0v) is 9.47. The molecule has 1 aliphatic rings. The monoisotopic (exact) mass is 241 g/mol. The predicted octanol–water partition coefficient (Wildman–Crippen LogP) is 0.897. The number of aromatic nitrogens is 3. The average Bonchev–Trinajstić information content (AvgIpc) is 3.01. The molecule has 1 aromatic carbocycles. The fourth-order valence-electron chi connectivity index (χ4n) is 1.80. The maximum Gasteiger partial charge on any atom is 0.246 e. The first kappa shape index (κ1) is 10.5. The zero-order valence-electron chi connectivity index (χ0n) is 9.47. The second kappa shape index (κ2) is 4.33. The molecular formula is C12H11N5O. The van der Waals surface area contributed by atoms with Crippen molar-refractivity contribution >= 4 is 11.6 Å². The highest BCUT2D eigenvalue weighted by molar-refractivity contribution is 5.91. The van der Waals surface area contributed by atoms with Gasteiger partial charge >= 0.3 is 0 Å². The Labute approximate surface area is 103 Å². The number of benzene rings is 1. The Morgan fingerprint density at radius 3 is 3.00 bits per heavy atom. The Bertz CT molecular complexity index is 603. The van der Waals surface area contributed by atoms with Crippen molar-refractivity contribution in [2.75, 3.05) is 11.9 Å². The lowest BCUT2D eigenvalue weighted by Gasteiger charge is -2.07. The van der Waals surface area contributed by atoms with Gasteiger partial charge in [-0.1, -0.05) is 12.1 Å². The van der Waals surface area contributed by atoms with E-state index in [1.165, 1.54) is 6.33 Å². The minimum atomic E-state index is -0.0658. The topological polar surface area (TPSA) is 82.7 Å². The highest BCUT2D eigenvalue weighted by Gasteiger charge is 2.10. The smallest absolute Gasteiger partial charge is 0.246 e. The van der Waals surface area contributed by atoms with Gasteiger partial charge in [0.15, 0.2) is 5.82 Å².